The van der Waals surface area contributed by atoms with Crippen LogP contribution in [0, 0.1) is 0 Å². The third-order valence-corrected chi connectivity index (χ3v) is 12.7. The first kappa shape index (κ1) is 30.2. The quantitative estimate of drug-likeness (QED) is 0.0752. The van der Waals surface area contributed by atoms with Crippen LogP contribution in [0.4, 0.5) is 0 Å². The summed E-state index contributed by atoms with van der Waals surface area (Å²) >= 11 is 0. The van der Waals surface area contributed by atoms with E-state index in [9.17, 15) is 0 Å². The van der Waals surface area contributed by atoms with Crippen molar-refractivity contribution in [2.45, 2.75) is 149 Å². The molecule has 0 saturated carbocycles. The minimum atomic E-state index is -1.06. The summed E-state index contributed by atoms with van der Waals surface area (Å²) in [6.45, 7) is 11.2. The molecule has 0 saturated heterocycles. The zero-order chi connectivity index (χ0) is 22.2. The average molecular weight is 441 g/mol. The van der Waals surface area contributed by atoms with Gasteiger partial charge in [0.25, 0.3) is 0 Å². The SMILES string of the molecule is C=CC[PH](CCCC)(CCCC)CCCCCCCCCCCCCCCCCC. The molecule has 0 fully saturated rings. The molecule has 0 unspecified atom stereocenters. The molecule has 0 aromatic rings. The molecule has 0 aliphatic carbocycles. The van der Waals surface area contributed by atoms with Gasteiger partial charge in [0.05, 0.1) is 0 Å². The van der Waals surface area contributed by atoms with Crippen LogP contribution in [0.5, 0.6) is 0 Å². The molecule has 0 aromatic heterocycles. The van der Waals surface area contributed by atoms with Crippen LogP contribution in [0.25, 0.3) is 0 Å². The maximum absolute atomic E-state index is 4.12. The molecule has 0 aliphatic rings. The van der Waals surface area contributed by atoms with Gasteiger partial charge in [0, 0.05) is 0 Å². The molecule has 30 heavy (non-hydrogen) atoms. The number of allylic oxidation sites excluding steroid dienone is 1. The van der Waals surface area contributed by atoms with Crippen molar-refractivity contribution in [2.75, 3.05) is 24.6 Å². The molecule has 0 radical (unpaired) electrons. The Labute approximate surface area is 193 Å². The number of hydrogen-bond acceptors (Lipinski definition) is 0. The van der Waals surface area contributed by atoms with E-state index in [0.717, 1.165) is 0 Å². The summed E-state index contributed by atoms with van der Waals surface area (Å²) in [5.74, 6) is 0. The van der Waals surface area contributed by atoms with Crippen molar-refractivity contribution in [1.82, 2.24) is 0 Å². The summed E-state index contributed by atoms with van der Waals surface area (Å²) in [5, 5.41) is 0. The fourth-order valence-corrected chi connectivity index (χ4v) is 10.3. The second kappa shape index (κ2) is 23.8. The average Bonchev–Trinajstić information content (AvgIpc) is 2.76. The summed E-state index contributed by atoms with van der Waals surface area (Å²) < 4.78 is 0. The van der Waals surface area contributed by atoms with Gasteiger partial charge >= 0.3 is 155 Å². The fraction of sp³-hybridized carbons (Fsp3) is 0.931. The van der Waals surface area contributed by atoms with Crippen molar-refractivity contribution in [2.24, 2.45) is 0 Å². The minimum Gasteiger partial charge on any atom is -0.0654 e. The van der Waals surface area contributed by atoms with Gasteiger partial charge < -0.3 is 0 Å². The summed E-state index contributed by atoms with van der Waals surface area (Å²) in [5.41, 5.74) is 0. The Kier molecular flexibility index (Phi) is 24.0. The van der Waals surface area contributed by atoms with Crippen LogP contribution in [0.15, 0.2) is 12.7 Å². The maximum atomic E-state index is 4.12. The Hall–Kier alpha value is 0.170. The van der Waals surface area contributed by atoms with E-state index >= 15 is 0 Å². The third kappa shape index (κ3) is 18.9. The van der Waals surface area contributed by atoms with Crippen molar-refractivity contribution in [3.05, 3.63) is 12.7 Å². The van der Waals surface area contributed by atoms with Crippen molar-refractivity contribution in [3.8, 4) is 0 Å². The molecule has 0 bridgehead atoms. The normalized spacial score (nSPS) is 12.4. The smallest absolute Gasteiger partial charge is 0.0654 e. The molecule has 1 heteroatoms. The second-order valence-electron chi connectivity index (χ2n) is 10.3. The van der Waals surface area contributed by atoms with E-state index in [1.54, 1.807) is 18.5 Å². The van der Waals surface area contributed by atoms with Crippen LogP contribution >= 0.6 is 7.26 Å². The van der Waals surface area contributed by atoms with Crippen LogP contribution in [-0.2, 0) is 0 Å². The van der Waals surface area contributed by atoms with Crippen LogP contribution in [0.1, 0.15) is 149 Å². The van der Waals surface area contributed by atoms with Gasteiger partial charge in [-0.3, -0.25) is 0 Å². The van der Waals surface area contributed by atoms with Gasteiger partial charge in [-0.05, 0) is 0 Å². The standard InChI is InChI=1S/C29H61P/c1-5-9-12-13-14-15-16-17-18-19-20-21-22-23-24-25-29-30(26-8-4,27-10-6-2)28-11-7-3/h8,30H,4-7,9-29H2,1-3H3. The van der Waals surface area contributed by atoms with E-state index in [0.29, 0.717) is 0 Å². The molecule has 0 rings (SSSR count). The molecule has 0 nitrogen and oxygen atoms in total. The van der Waals surface area contributed by atoms with Crippen LogP contribution < -0.4 is 0 Å². The summed E-state index contributed by atoms with van der Waals surface area (Å²) in [6.07, 6.45) is 37.6. The van der Waals surface area contributed by atoms with Crippen molar-refractivity contribution < 1.29 is 0 Å². The van der Waals surface area contributed by atoms with Crippen molar-refractivity contribution in [1.29, 1.82) is 0 Å². The Balaban J connectivity index is 3.63. The summed E-state index contributed by atoms with van der Waals surface area (Å²) in [4.78, 5) is 0. The van der Waals surface area contributed by atoms with Crippen LogP contribution in [0.3, 0.4) is 0 Å². The van der Waals surface area contributed by atoms with E-state index in [-0.39, 0.29) is 0 Å². The number of rotatable bonds is 25. The molecule has 0 amide bonds. The Morgan fingerprint density at radius 1 is 0.433 bits per heavy atom. The molecular formula is C29H61P. The van der Waals surface area contributed by atoms with E-state index in [1.165, 1.54) is 135 Å². The second-order valence-corrected chi connectivity index (χ2v) is 15.2. The molecule has 0 aromatic carbocycles. The molecule has 0 spiro atoms. The van der Waals surface area contributed by atoms with Crippen molar-refractivity contribution >= 4 is 7.26 Å². The van der Waals surface area contributed by atoms with Gasteiger partial charge in [-0.2, -0.15) is 0 Å². The predicted molar refractivity (Wildman–Crippen MR) is 147 cm³/mol. The Bertz CT molecular complexity index is 327. The fourth-order valence-electron chi connectivity index (χ4n) is 5.14. The van der Waals surface area contributed by atoms with E-state index in [4.69, 9.17) is 0 Å². The van der Waals surface area contributed by atoms with Gasteiger partial charge in [-0.1, -0.05) is 39.0 Å². The third-order valence-electron chi connectivity index (χ3n) is 7.26. The first-order valence-electron chi connectivity index (χ1n) is 14.4. The molecule has 182 valence electrons. The topological polar surface area (TPSA) is 0 Å². The molecule has 0 N–H and O–H groups in total. The molecule has 0 heterocycles. The van der Waals surface area contributed by atoms with Gasteiger partial charge in [-0.15, -0.1) is 0 Å². The minimum absolute atomic E-state index is 1.06. The van der Waals surface area contributed by atoms with Crippen LogP contribution in [-0.4, -0.2) is 24.6 Å². The van der Waals surface area contributed by atoms with Crippen LogP contribution in [0.2, 0.25) is 0 Å². The van der Waals surface area contributed by atoms with Crippen molar-refractivity contribution in [3.63, 3.8) is 0 Å². The summed E-state index contributed by atoms with van der Waals surface area (Å²) in [7, 11) is -1.06. The van der Waals surface area contributed by atoms with Gasteiger partial charge in [0.1, 0.15) is 0 Å². The first-order chi connectivity index (χ1) is 14.7. The Morgan fingerprint density at radius 2 is 0.733 bits per heavy atom. The Morgan fingerprint density at radius 3 is 1.07 bits per heavy atom. The molecular weight excluding hydrogens is 379 g/mol. The van der Waals surface area contributed by atoms with Gasteiger partial charge in [0.2, 0.25) is 0 Å². The monoisotopic (exact) mass is 440 g/mol. The van der Waals surface area contributed by atoms with Gasteiger partial charge in [0.15, 0.2) is 0 Å². The van der Waals surface area contributed by atoms with E-state index < -0.39 is 7.26 Å². The zero-order valence-corrected chi connectivity index (χ0v) is 22.8. The number of hydrogen-bond donors (Lipinski definition) is 0. The van der Waals surface area contributed by atoms with Gasteiger partial charge in [-0.25, -0.2) is 0 Å². The zero-order valence-electron chi connectivity index (χ0n) is 21.8. The molecule has 0 atom stereocenters. The van der Waals surface area contributed by atoms with E-state index in [1.807, 2.05) is 0 Å². The predicted octanol–water partition coefficient (Wildman–Crippen LogP) is 10.8. The number of unbranched alkanes of at least 4 members (excludes halogenated alkanes) is 17. The molecule has 0 aliphatic heterocycles. The van der Waals surface area contributed by atoms with E-state index in [2.05, 4.69) is 33.4 Å². The first-order valence-corrected chi connectivity index (χ1v) is 17.2. The summed E-state index contributed by atoms with van der Waals surface area (Å²) in [6, 6.07) is 0.